The van der Waals surface area contributed by atoms with Crippen LogP contribution in [0.2, 0.25) is 0 Å². The molecule has 7 heteroatoms. The maximum Gasteiger partial charge on any atom is 0.287 e. The van der Waals surface area contributed by atoms with Crippen LogP contribution in [0.1, 0.15) is 21.9 Å². The lowest BCUT2D eigenvalue weighted by Gasteiger charge is -2.27. The van der Waals surface area contributed by atoms with Gasteiger partial charge in [0.2, 0.25) is 5.76 Å². The van der Waals surface area contributed by atoms with Crippen molar-refractivity contribution in [1.29, 1.82) is 5.26 Å². The number of nitriles is 1. The molecule has 0 aliphatic carbocycles. The summed E-state index contributed by atoms with van der Waals surface area (Å²) in [6, 6.07) is 8.11. The van der Waals surface area contributed by atoms with Gasteiger partial charge in [0, 0.05) is 24.1 Å². The van der Waals surface area contributed by atoms with E-state index in [0.29, 0.717) is 30.3 Å². The number of rotatable bonds is 4. The van der Waals surface area contributed by atoms with Crippen molar-refractivity contribution in [2.24, 2.45) is 0 Å². The van der Waals surface area contributed by atoms with Gasteiger partial charge >= 0.3 is 0 Å². The van der Waals surface area contributed by atoms with Gasteiger partial charge < -0.3 is 23.9 Å². The number of furan rings is 1. The molecule has 2 aromatic rings. The fraction of sp³-hybridized carbons (Fsp3) is 0.294. The summed E-state index contributed by atoms with van der Waals surface area (Å²) in [5.74, 6) is 1.78. The van der Waals surface area contributed by atoms with Gasteiger partial charge in [-0.1, -0.05) is 0 Å². The Morgan fingerprint density at radius 1 is 1.33 bits per heavy atom. The van der Waals surface area contributed by atoms with E-state index in [2.05, 4.69) is 5.32 Å². The third-order valence-electron chi connectivity index (χ3n) is 3.76. The molecule has 1 aliphatic rings. The van der Waals surface area contributed by atoms with Crippen LogP contribution in [-0.4, -0.2) is 32.8 Å². The van der Waals surface area contributed by atoms with Gasteiger partial charge in [-0.15, -0.1) is 0 Å². The number of carbonyl (C=O) groups excluding carboxylic acids is 1. The standard InChI is InChI=1S/C17H16N2O5/c1-21-12-6-15(22-2)13-5-10(9-23-16(13)7-12)19-17(20)14-4-3-11(8-18)24-14/h3-4,6-7,10H,5,9H2,1-2H3,(H,19,20). The Morgan fingerprint density at radius 3 is 2.83 bits per heavy atom. The Hall–Kier alpha value is -3.14. The summed E-state index contributed by atoms with van der Waals surface area (Å²) in [6.45, 7) is 0.320. The molecule has 0 fully saturated rings. The van der Waals surface area contributed by atoms with Crippen LogP contribution in [-0.2, 0) is 6.42 Å². The van der Waals surface area contributed by atoms with Crippen molar-refractivity contribution in [2.75, 3.05) is 20.8 Å². The highest BCUT2D eigenvalue weighted by Gasteiger charge is 2.26. The van der Waals surface area contributed by atoms with E-state index >= 15 is 0 Å². The average molecular weight is 328 g/mol. The first-order chi connectivity index (χ1) is 11.6. The number of ether oxygens (including phenoxy) is 3. The van der Waals surface area contributed by atoms with Crippen molar-refractivity contribution in [3.63, 3.8) is 0 Å². The lowest BCUT2D eigenvalue weighted by molar-refractivity contribution is 0.0886. The summed E-state index contributed by atoms with van der Waals surface area (Å²) in [5.41, 5.74) is 0.868. The molecule has 1 atom stereocenters. The minimum absolute atomic E-state index is 0.0963. The van der Waals surface area contributed by atoms with Crippen molar-refractivity contribution < 1.29 is 23.4 Å². The predicted octanol–water partition coefficient (Wildman–Crippen LogP) is 1.90. The molecule has 1 aromatic carbocycles. The first-order valence-corrected chi connectivity index (χ1v) is 7.33. The maximum atomic E-state index is 12.2. The molecule has 1 N–H and O–H groups in total. The van der Waals surface area contributed by atoms with E-state index in [4.69, 9.17) is 23.9 Å². The molecule has 3 rings (SSSR count). The highest BCUT2D eigenvalue weighted by Crippen LogP contribution is 2.37. The molecule has 0 saturated heterocycles. The van der Waals surface area contributed by atoms with Gasteiger partial charge in [-0.3, -0.25) is 4.79 Å². The zero-order valence-corrected chi connectivity index (χ0v) is 13.3. The Morgan fingerprint density at radius 2 is 2.17 bits per heavy atom. The van der Waals surface area contributed by atoms with Crippen LogP contribution in [0.25, 0.3) is 0 Å². The summed E-state index contributed by atoms with van der Waals surface area (Å²) in [5, 5.41) is 11.6. The van der Waals surface area contributed by atoms with Gasteiger partial charge in [0.25, 0.3) is 5.91 Å². The summed E-state index contributed by atoms with van der Waals surface area (Å²) in [6.07, 6.45) is 0.556. The van der Waals surface area contributed by atoms with Crippen LogP contribution in [0.5, 0.6) is 17.2 Å². The monoisotopic (exact) mass is 328 g/mol. The maximum absolute atomic E-state index is 12.2. The second-order valence-electron chi connectivity index (χ2n) is 5.27. The first-order valence-electron chi connectivity index (χ1n) is 7.33. The van der Waals surface area contributed by atoms with E-state index in [1.54, 1.807) is 26.4 Å². The van der Waals surface area contributed by atoms with E-state index in [1.807, 2.05) is 6.07 Å². The highest BCUT2D eigenvalue weighted by atomic mass is 16.5. The van der Waals surface area contributed by atoms with Crippen LogP contribution in [0.4, 0.5) is 0 Å². The average Bonchev–Trinajstić information content (AvgIpc) is 3.10. The van der Waals surface area contributed by atoms with E-state index in [0.717, 1.165) is 5.56 Å². The molecule has 0 spiro atoms. The van der Waals surface area contributed by atoms with Crippen molar-refractivity contribution >= 4 is 5.91 Å². The molecule has 1 unspecified atom stereocenters. The van der Waals surface area contributed by atoms with Gasteiger partial charge in [-0.25, -0.2) is 0 Å². The number of benzene rings is 1. The molecule has 24 heavy (non-hydrogen) atoms. The SMILES string of the molecule is COc1cc(OC)c2c(c1)OCC(NC(=O)c1ccc(C#N)o1)C2. The Balaban J connectivity index is 1.75. The minimum atomic E-state index is -0.388. The molecular weight excluding hydrogens is 312 g/mol. The number of nitrogens with one attached hydrogen (secondary N) is 1. The van der Waals surface area contributed by atoms with Gasteiger partial charge in [-0.2, -0.15) is 5.26 Å². The van der Waals surface area contributed by atoms with Crippen molar-refractivity contribution in [3.8, 4) is 23.3 Å². The number of fused-ring (bicyclic) bond motifs is 1. The van der Waals surface area contributed by atoms with Gasteiger partial charge in [0.1, 0.15) is 29.9 Å². The number of carbonyl (C=O) groups is 1. The third kappa shape index (κ3) is 2.99. The Bertz CT molecular complexity index is 789. The molecular formula is C17H16N2O5. The van der Waals surface area contributed by atoms with Crippen LogP contribution in [0.15, 0.2) is 28.7 Å². The minimum Gasteiger partial charge on any atom is -0.496 e. The van der Waals surface area contributed by atoms with E-state index < -0.39 is 0 Å². The van der Waals surface area contributed by atoms with E-state index in [9.17, 15) is 4.79 Å². The van der Waals surface area contributed by atoms with Gasteiger partial charge in [0.05, 0.1) is 20.3 Å². The highest BCUT2D eigenvalue weighted by molar-refractivity contribution is 5.91. The smallest absolute Gasteiger partial charge is 0.287 e. The zero-order valence-electron chi connectivity index (χ0n) is 13.3. The molecule has 0 saturated carbocycles. The first kappa shape index (κ1) is 15.7. The van der Waals surface area contributed by atoms with Crippen LogP contribution >= 0.6 is 0 Å². The molecule has 1 aliphatic heterocycles. The predicted molar refractivity (Wildman–Crippen MR) is 83.4 cm³/mol. The fourth-order valence-electron chi connectivity index (χ4n) is 2.59. The van der Waals surface area contributed by atoms with Crippen molar-refractivity contribution in [1.82, 2.24) is 5.32 Å². The lowest BCUT2D eigenvalue weighted by Crippen LogP contribution is -2.42. The molecule has 124 valence electrons. The lowest BCUT2D eigenvalue weighted by atomic mass is 10.0. The van der Waals surface area contributed by atoms with Crippen molar-refractivity contribution in [2.45, 2.75) is 12.5 Å². The number of nitrogens with zero attached hydrogens (tertiary/aromatic N) is 1. The van der Waals surface area contributed by atoms with Crippen LogP contribution in [0.3, 0.4) is 0 Å². The molecule has 0 radical (unpaired) electrons. The van der Waals surface area contributed by atoms with Gasteiger partial charge in [-0.05, 0) is 12.1 Å². The second-order valence-corrected chi connectivity index (χ2v) is 5.27. The number of hydrogen-bond acceptors (Lipinski definition) is 6. The summed E-state index contributed by atoms with van der Waals surface area (Å²) < 4.78 is 21.5. The molecule has 7 nitrogen and oxygen atoms in total. The van der Waals surface area contributed by atoms with Gasteiger partial charge in [0.15, 0.2) is 5.76 Å². The summed E-state index contributed by atoms with van der Waals surface area (Å²) in [4.78, 5) is 12.2. The number of methoxy groups -OCH3 is 2. The number of amides is 1. The van der Waals surface area contributed by atoms with E-state index in [1.165, 1.54) is 12.1 Å². The largest absolute Gasteiger partial charge is 0.496 e. The summed E-state index contributed by atoms with van der Waals surface area (Å²) >= 11 is 0. The topological polar surface area (TPSA) is 93.7 Å². The Labute approximate surface area is 138 Å². The summed E-state index contributed by atoms with van der Waals surface area (Å²) in [7, 11) is 3.15. The van der Waals surface area contributed by atoms with E-state index in [-0.39, 0.29) is 23.5 Å². The molecule has 1 amide bonds. The molecule has 1 aromatic heterocycles. The zero-order chi connectivity index (χ0) is 17.1. The quantitative estimate of drug-likeness (QED) is 0.921. The second kappa shape index (κ2) is 6.54. The Kier molecular flexibility index (Phi) is 4.29. The van der Waals surface area contributed by atoms with Crippen LogP contribution in [0, 0.1) is 11.3 Å². The number of hydrogen-bond donors (Lipinski definition) is 1. The normalized spacial score (nSPS) is 15.6. The third-order valence-corrected chi connectivity index (χ3v) is 3.76. The van der Waals surface area contributed by atoms with Crippen molar-refractivity contribution in [3.05, 3.63) is 41.3 Å². The molecule has 0 bridgehead atoms. The molecule has 2 heterocycles. The van der Waals surface area contributed by atoms with Crippen LogP contribution < -0.4 is 19.5 Å². The fourth-order valence-corrected chi connectivity index (χ4v) is 2.59.